The van der Waals surface area contributed by atoms with Crippen LogP contribution in [-0.4, -0.2) is 11.3 Å². The Balaban J connectivity index is 2.46. The highest BCUT2D eigenvalue weighted by Crippen LogP contribution is 2.21. The van der Waals surface area contributed by atoms with E-state index >= 15 is 0 Å². The smallest absolute Gasteiger partial charge is 0.150 e. The van der Waals surface area contributed by atoms with Gasteiger partial charge in [-0.05, 0) is 11.6 Å². The maximum Gasteiger partial charge on any atom is 0.150 e. The van der Waals surface area contributed by atoms with Crippen molar-refractivity contribution >= 4 is 6.29 Å². The fraction of sp³-hybridized carbons (Fsp3) is 0. The average Bonchev–Trinajstić information content (AvgIpc) is 2.30. The number of pyridine rings is 1. The molecule has 74 valence electrons. The molecule has 0 aliphatic carbocycles. The zero-order valence-electron chi connectivity index (χ0n) is 7.85. The summed E-state index contributed by atoms with van der Waals surface area (Å²) in [6, 6.07) is 8.33. The van der Waals surface area contributed by atoms with Gasteiger partial charge in [0, 0.05) is 17.3 Å². The first kappa shape index (κ1) is 9.52. The number of carbonyl (C=O) groups is 1. The van der Waals surface area contributed by atoms with Gasteiger partial charge in [0.25, 0.3) is 0 Å². The largest absolute Gasteiger partial charge is 0.298 e. The number of aromatic nitrogens is 1. The summed E-state index contributed by atoms with van der Waals surface area (Å²) in [5.41, 5.74) is 1.80. The second kappa shape index (κ2) is 4.00. The Morgan fingerprint density at radius 1 is 1.13 bits per heavy atom. The molecule has 0 unspecified atom stereocenters. The van der Waals surface area contributed by atoms with Gasteiger partial charge in [-0.15, -0.1) is 0 Å². The minimum absolute atomic E-state index is 0.364. The molecule has 0 fully saturated rings. The Labute approximate surface area is 86.4 Å². The van der Waals surface area contributed by atoms with E-state index in [1.165, 1.54) is 12.4 Å². The summed E-state index contributed by atoms with van der Waals surface area (Å²) in [6.07, 6.45) is 3.46. The maximum absolute atomic E-state index is 13.3. The van der Waals surface area contributed by atoms with Crippen LogP contribution in [0.15, 0.2) is 42.7 Å². The Kier molecular flexibility index (Phi) is 2.54. The summed E-state index contributed by atoms with van der Waals surface area (Å²) in [7, 11) is 0. The van der Waals surface area contributed by atoms with Crippen molar-refractivity contribution in [3.05, 3.63) is 54.1 Å². The highest BCUT2D eigenvalue weighted by molar-refractivity contribution is 5.76. The summed E-state index contributed by atoms with van der Waals surface area (Å²) >= 11 is 0. The Hall–Kier alpha value is -2.03. The fourth-order valence-electron chi connectivity index (χ4n) is 1.35. The molecule has 0 aliphatic heterocycles. The molecule has 2 rings (SSSR count). The van der Waals surface area contributed by atoms with Crippen LogP contribution in [0.5, 0.6) is 0 Å². The van der Waals surface area contributed by atoms with Gasteiger partial charge in [-0.2, -0.15) is 0 Å². The molecule has 15 heavy (non-hydrogen) atoms. The lowest BCUT2D eigenvalue weighted by Gasteiger charge is -2.02. The van der Waals surface area contributed by atoms with Crippen molar-refractivity contribution in [2.24, 2.45) is 0 Å². The molecule has 2 nitrogen and oxygen atoms in total. The molecular formula is C12H8FNO. The summed E-state index contributed by atoms with van der Waals surface area (Å²) in [6.45, 7) is 0. The number of hydrogen-bond acceptors (Lipinski definition) is 2. The highest BCUT2D eigenvalue weighted by Gasteiger charge is 2.03. The van der Waals surface area contributed by atoms with Gasteiger partial charge in [-0.3, -0.25) is 9.78 Å². The predicted molar refractivity (Wildman–Crippen MR) is 55.0 cm³/mol. The molecule has 0 atom stereocenters. The van der Waals surface area contributed by atoms with Crippen LogP contribution in [0, 0.1) is 5.82 Å². The monoisotopic (exact) mass is 201 g/mol. The fourth-order valence-corrected chi connectivity index (χ4v) is 1.35. The van der Waals surface area contributed by atoms with Gasteiger partial charge in [0.2, 0.25) is 0 Å². The third kappa shape index (κ3) is 1.91. The number of rotatable bonds is 2. The average molecular weight is 201 g/mol. The van der Waals surface area contributed by atoms with Crippen LogP contribution in [0.25, 0.3) is 11.1 Å². The van der Waals surface area contributed by atoms with Crippen LogP contribution in [0.3, 0.4) is 0 Å². The molecule has 0 radical (unpaired) electrons. The normalized spacial score (nSPS) is 9.93. The van der Waals surface area contributed by atoms with Crippen molar-refractivity contribution in [2.45, 2.75) is 0 Å². The van der Waals surface area contributed by atoms with E-state index in [0.717, 1.165) is 11.8 Å². The van der Waals surface area contributed by atoms with E-state index in [-0.39, 0.29) is 5.82 Å². The predicted octanol–water partition coefficient (Wildman–Crippen LogP) is 2.70. The third-order valence-corrected chi connectivity index (χ3v) is 2.13. The van der Waals surface area contributed by atoms with E-state index in [2.05, 4.69) is 4.98 Å². The first-order chi connectivity index (χ1) is 7.31. The van der Waals surface area contributed by atoms with Gasteiger partial charge in [0.05, 0.1) is 6.20 Å². The molecule has 0 bridgehead atoms. The highest BCUT2D eigenvalue weighted by atomic mass is 19.1. The van der Waals surface area contributed by atoms with Gasteiger partial charge in [0.15, 0.2) is 0 Å². The van der Waals surface area contributed by atoms with Crippen LogP contribution in [-0.2, 0) is 0 Å². The van der Waals surface area contributed by atoms with Crippen molar-refractivity contribution in [1.29, 1.82) is 0 Å². The Morgan fingerprint density at radius 2 is 1.87 bits per heavy atom. The quantitative estimate of drug-likeness (QED) is 0.699. The van der Waals surface area contributed by atoms with E-state index in [1.807, 2.05) is 0 Å². The van der Waals surface area contributed by atoms with Crippen LogP contribution in [0.4, 0.5) is 4.39 Å². The summed E-state index contributed by atoms with van der Waals surface area (Å²) in [5.74, 6) is -0.364. The lowest BCUT2D eigenvalue weighted by molar-refractivity contribution is 0.112. The zero-order chi connectivity index (χ0) is 10.7. The Morgan fingerprint density at radius 3 is 2.47 bits per heavy atom. The first-order valence-electron chi connectivity index (χ1n) is 4.46. The van der Waals surface area contributed by atoms with Crippen LogP contribution in [0.2, 0.25) is 0 Å². The van der Waals surface area contributed by atoms with E-state index in [0.29, 0.717) is 11.1 Å². The molecule has 2 aromatic rings. The molecule has 1 heterocycles. The van der Waals surface area contributed by atoms with Crippen molar-refractivity contribution in [1.82, 2.24) is 4.98 Å². The number of benzene rings is 1. The molecular weight excluding hydrogens is 193 g/mol. The Bertz CT molecular complexity index is 479. The van der Waals surface area contributed by atoms with E-state index < -0.39 is 0 Å². The van der Waals surface area contributed by atoms with Crippen molar-refractivity contribution in [2.75, 3.05) is 0 Å². The third-order valence-electron chi connectivity index (χ3n) is 2.13. The maximum atomic E-state index is 13.3. The molecule has 0 N–H and O–H groups in total. The van der Waals surface area contributed by atoms with Crippen molar-refractivity contribution in [3.8, 4) is 11.1 Å². The van der Waals surface area contributed by atoms with Gasteiger partial charge < -0.3 is 0 Å². The lowest BCUT2D eigenvalue weighted by atomic mass is 10.1. The standard InChI is InChI=1S/C12H8FNO/c13-12-7-14-6-5-11(12)10-3-1-9(8-15)2-4-10/h1-8H. The molecule has 0 aliphatic rings. The van der Waals surface area contributed by atoms with Gasteiger partial charge >= 0.3 is 0 Å². The molecule has 3 heteroatoms. The molecule has 0 amide bonds. The minimum Gasteiger partial charge on any atom is -0.298 e. The van der Waals surface area contributed by atoms with Crippen molar-refractivity contribution in [3.63, 3.8) is 0 Å². The van der Waals surface area contributed by atoms with E-state index in [1.54, 1.807) is 30.3 Å². The minimum atomic E-state index is -0.364. The molecule has 0 spiro atoms. The van der Waals surface area contributed by atoms with E-state index in [9.17, 15) is 9.18 Å². The molecule has 0 saturated carbocycles. The van der Waals surface area contributed by atoms with Crippen molar-refractivity contribution < 1.29 is 9.18 Å². The molecule has 1 aromatic heterocycles. The summed E-state index contributed by atoms with van der Waals surface area (Å²) < 4.78 is 13.3. The molecule has 0 saturated heterocycles. The van der Waals surface area contributed by atoms with Crippen LogP contribution >= 0.6 is 0 Å². The van der Waals surface area contributed by atoms with Gasteiger partial charge in [-0.1, -0.05) is 24.3 Å². The SMILES string of the molecule is O=Cc1ccc(-c2ccncc2F)cc1. The number of carbonyl (C=O) groups excluding carboxylic acids is 1. The number of nitrogens with zero attached hydrogens (tertiary/aromatic N) is 1. The number of halogens is 1. The van der Waals surface area contributed by atoms with Crippen LogP contribution in [0.1, 0.15) is 10.4 Å². The van der Waals surface area contributed by atoms with Gasteiger partial charge in [-0.25, -0.2) is 4.39 Å². The van der Waals surface area contributed by atoms with E-state index in [4.69, 9.17) is 0 Å². The number of aldehydes is 1. The second-order valence-electron chi connectivity index (χ2n) is 3.10. The van der Waals surface area contributed by atoms with Gasteiger partial charge in [0.1, 0.15) is 12.1 Å². The summed E-state index contributed by atoms with van der Waals surface area (Å²) in [5, 5.41) is 0. The second-order valence-corrected chi connectivity index (χ2v) is 3.10. The lowest BCUT2D eigenvalue weighted by Crippen LogP contribution is -1.86. The molecule has 1 aromatic carbocycles. The zero-order valence-corrected chi connectivity index (χ0v) is 7.85. The first-order valence-corrected chi connectivity index (χ1v) is 4.46. The summed E-state index contributed by atoms with van der Waals surface area (Å²) in [4.78, 5) is 14.1. The number of hydrogen-bond donors (Lipinski definition) is 0. The topological polar surface area (TPSA) is 30.0 Å². The van der Waals surface area contributed by atoms with Crippen LogP contribution < -0.4 is 0 Å².